The first-order chi connectivity index (χ1) is 9.58. The summed E-state index contributed by atoms with van der Waals surface area (Å²) in [6, 6.07) is 3.03. The van der Waals surface area contributed by atoms with Crippen LogP contribution >= 0.6 is 11.6 Å². The molecule has 0 aliphatic carbocycles. The summed E-state index contributed by atoms with van der Waals surface area (Å²) in [5.74, 6) is -1.22. The maximum atomic E-state index is 11.6. The van der Waals surface area contributed by atoms with E-state index in [-0.39, 0.29) is 17.2 Å². The lowest BCUT2D eigenvalue weighted by molar-refractivity contribution is -0.139. The molecule has 1 atom stereocenters. The first-order valence-electron chi connectivity index (χ1n) is 6.28. The zero-order valence-electron chi connectivity index (χ0n) is 12.0. The second-order valence-corrected chi connectivity index (χ2v) is 5.92. The van der Waals surface area contributed by atoms with Crippen LogP contribution in [-0.2, 0) is 16.0 Å². The first kappa shape index (κ1) is 17.1. The normalized spacial score (nSPS) is 12.6. The number of carboxylic acid groups (broad SMARTS) is 1. The SMILES string of the molecule is CC(C)(C)OC(=O)NC(Cc1ccc(O)cc1Cl)C(=O)O. The van der Waals surface area contributed by atoms with Crippen LogP contribution in [0, 0.1) is 0 Å². The maximum absolute atomic E-state index is 11.6. The minimum Gasteiger partial charge on any atom is -0.508 e. The van der Waals surface area contributed by atoms with Gasteiger partial charge < -0.3 is 20.3 Å². The van der Waals surface area contributed by atoms with Crippen molar-refractivity contribution < 1.29 is 24.5 Å². The number of phenols is 1. The summed E-state index contributed by atoms with van der Waals surface area (Å²) in [6.45, 7) is 5.04. The average Bonchev–Trinajstić information content (AvgIpc) is 2.28. The molecule has 21 heavy (non-hydrogen) atoms. The average molecular weight is 316 g/mol. The second-order valence-electron chi connectivity index (χ2n) is 5.52. The largest absolute Gasteiger partial charge is 0.508 e. The Morgan fingerprint density at radius 2 is 2.00 bits per heavy atom. The van der Waals surface area contributed by atoms with Gasteiger partial charge in [0.1, 0.15) is 17.4 Å². The number of nitrogens with one attached hydrogen (secondary N) is 1. The van der Waals surface area contributed by atoms with Crippen molar-refractivity contribution in [3.05, 3.63) is 28.8 Å². The van der Waals surface area contributed by atoms with E-state index >= 15 is 0 Å². The summed E-state index contributed by atoms with van der Waals surface area (Å²) >= 11 is 5.92. The van der Waals surface area contributed by atoms with E-state index in [4.69, 9.17) is 21.4 Å². The minimum atomic E-state index is -1.20. The smallest absolute Gasteiger partial charge is 0.408 e. The molecule has 1 rings (SSSR count). The van der Waals surface area contributed by atoms with Crippen LogP contribution in [0.5, 0.6) is 5.75 Å². The van der Waals surface area contributed by atoms with E-state index < -0.39 is 23.7 Å². The molecule has 3 N–H and O–H groups in total. The second kappa shape index (κ2) is 6.67. The van der Waals surface area contributed by atoms with Crippen LogP contribution in [0.4, 0.5) is 4.79 Å². The topological polar surface area (TPSA) is 95.9 Å². The molecule has 1 aromatic rings. The lowest BCUT2D eigenvalue weighted by Gasteiger charge is -2.22. The van der Waals surface area contributed by atoms with Gasteiger partial charge in [0.15, 0.2) is 0 Å². The Hall–Kier alpha value is -1.95. The Morgan fingerprint density at radius 1 is 1.38 bits per heavy atom. The fourth-order valence-corrected chi connectivity index (χ4v) is 1.82. The highest BCUT2D eigenvalue weighted by molar-refractivity contribution is 6.31. The number of ether oxygens (including phenoxy) is 1. The summed E-state index contributed by atoms with van der Waals surface area (Å²) in [5.41, 5.74) is -0.221. The van der Waals surface area contributed by atoms with Gasteiger partial charge in [-0.25, -0.2) is 9.59 Å². The van der Waals surface area contributed by atoms with E-state index in [1.54, 1.807) is 20.8 Å². The van der Waals surface area contributed by atoms with Crippen LogP contribution in [-0.4, -0.2) is 33.9 Å². The van der Waals surface area contributed by atoms with Crippen LogP contribution in [0.2, 0.25) is 5.02 Å². The molecule has 0 heterocycles. The Morgan fingerprint density at radius 3 is 2.48 bits per heavy atom. The molecule has 1 aromatic carbocycles. The van der Waals surface area contributed by atoms with Crippen molar-refractivity contribution in [3.8, 4) is 5.75 Å². The number of amides is 1. The quantitative estimate of drug-likeness (QED) is 0.793. The molecule has 6 nitrogen and oxygen atoms in total. The minimum absolute atomic E-state index is 0.0178. The predicted octanol–water partition coefficient (Wildman–Crippen LogP) is 2.57. The molecule has 1 unspecified atom stereocenters. The van der Waals surface area contributed by atoms with Crippen molar-refractivity contribution in [3.63, 3.8) is 0 Å². The van der Waals surface area contributed by atoms with Gasteiger partial charge in [0.2, 0.25) is 0 Å². The number of hydrogen-bond acceptors (Lipinski definition) is 4. The number of rotatable bonds is 4. The summed E-state index contributed by atoms with van der Waals surface area (Å²) in [7, 11) is 0. The third kappa shape index (κ3) is 5.91. The molecule has 0 aliphatic heterocycles. The summed E-state index contributed by atoms with van der Waals surface area (Å²) < 4.78 is 5.02. The number of benzene rings is 1. The fourth-order valence-electron chi connectivity index (χ4n) is 1.57. The predicted molar refractivity (Wildman–Crippen MR) is 77.6 cm³/mol. The molecule has 0 fully saturated rings. The number of phenolic OH excluding ortho intramolecular Hbond substituents is 1. The Labute approximate surface area is 127 Å². The van der Waals surface area contributed by atoms with Crippen LogP contribution in [0.1, 0.15) is 26.3 Å². The van der Waals surface area contributed by atoms with Crippen molar-refractivity contribution in [2.24, 2.45) is 0 Å². The number of hydrogen-bond donors (Lipinski definition) is 3. The molecule has 0 saturated carbocycles. The maximum Gasteiger partial charge on any atom is 0.408 e. The highest BCUT2D eigenvalue weighted by Crippen LogP contribution is 2.22. The third-order valence-electron chi connectivity index (χ3n) is 2.45. The molecule has 0 radical (unpaired) electrons. The van der Waals surface area contributed by atoms with E-state index in [1.165, 1.54) is 18.2 Å². The van der Waals surface area contributed by atoms with Crippen LogP contribution in [0.15, 0.2) is 18.2 Å². The van der Waals surface area contributed by atoms with Gasteiger partial charge in [-0.15, -0.1) is 0 Å². The summed E-state index contributed by atoms with van der Waals surface area (Å²) in [5, 5.41) is 20.9. The van der Waals surface area contributed by atoms with Gasteiger partial charge in [-0.05, 0) is 38.5 Å². The van der Waals surface area contributed by atoms with Gasteiger partial charge in [-0.1, -0.05) is 17.7 Å². The molecule has 0 aliphatic rings. The van der Waals surface area contributed by atoms with E-state index in [0.29, 0.717) is 5.56 Å². The number of carbonyl (C=O) groups is 2. The highest BCUT2D eigenvalue weighted by Gasteiger charge is 2.24. The van der Waals surface area contributed by atoms with E-state index in [9.17, 15) is 14.7 Å². The van der Waals surface area contributed by atoms with Crippen molar-refractivity contribution in [2.45, 2.75) is 38.8 Å². The molecule has 0 bridgehead atoms. The van der Waals surface area contributed by atoms with Gasteiger partial charge in [0.25, 0.3) is 0 Å². The van der Waals surface area contributed by atoms with Gasteiger partial charge in [0, 0.05) is 11.4 Å². The van der Waals surface area contributed by atoms with E-state index in [2.05, 4.69) is 5.32 Å². The molecule has 0 aromatic heterocycles. The van der Waals surface area contributed by atoms with Crippen LogP contribution < -0.4 is 5.32 Å². The number of aliphatic carboxylic acids is 1. The van der Waals surface area contributed by atoms with Crippen molar-refractivity contribution in [1.29, 1.82) is 0 Å². The first-order valence-corrected chi connectivity index (χ1v) is 6.66. The summed E-state index contributed by atoms with van der Waals surface area (Å²) in [6.07, 6.45) is -0.835. The standard InChI is InChI=1S/C14H18ClNO5/c1-14(2,3)21-13(20)16-11(12(18)19)6-8-4-5-9(17)7-10(8)15/h4-5,7,11,17H,6H2,1-3H3,(H,16,20)(H,18,19). The van der Waals surface area contributed by atoms with E-state index in [1.807, 2.05) is 0 Å². The Bertz CT molecular complexity index is 539. The molecule has 116 valence electrons. The fraction of sp³-hybridized carbons (Fsp3) is 0.429. The van der Waals surface area contributed by atoms with Gasteiger partial charge in [-0.3, -0.25) is 0 Å². The number of aromatic hydroxyl groups is 1. The van der Waals surface area contributed by atoms with Crippen molar-refractivity contribution in [2.75, 3.05) is 0 Å². The molecular weight excluding hydrogens is 298 g/mol. The highest BCUT2D eigenvalue weighted by atomic mass is 35.5. The van der Waals surface area contributed by atoms with Gasteiger partial charge in [0.05, 0.1) is 0 Å². The zero-order valence-corrected chi connectivity index (χ0v) is 12.8. The molecule has 0 saturated heterocycles. The monoisotopic (exact) mass is 315 g/mol. The summed E-state index contributed by atoms with van der Waals surface area (Å²) in [4.78, 5) is 22.9. The van der Waals surface area contributed by atoms with Crippen LogP contribution in [0.3, 0.4) is 0 Å². The van der Waals surface area contributed by atoms with Crippen molar-refractivity contribution >= 4 is 23.7 Å². The Balaban J connectivity index is 2.79. The van der Waals surface area contributed by atoms with Crippen LogP contribution in [0.25, 0.3) is 0 Å². The number of carboxylic acids is 1. The number of halogens is 1. The molecule has 7 heteroatoms. The number of alkyl carbamates (subject to hydrolysis) is 1. The lowest BCUT2D eigenvalue weighted by atomic mass is 10.1. The van der Waals surface area contributed by atoms with Gasteiger partial charge >= 0.3 is 12.1 Å². The molecule has 1 amide bonds. The van der Waals surface area contributed by atoms with Crippen molar-refractivity contribution in [1.82, 2.24) is 5.32 Å². The van der Waals surface area contributed by atoms with E-state index in [0.717, 1.165) is 0 Å². The lowest BCUT2D eigenvalue weighted by Crippen LogP contribution is -2.44. The zero-order chi connectivity index (χ0) is 16.2. The molecule has 0 spiro atoms. The Kier molecular flexibility index (Phi) is 5.43. The third-order valence-corrected chi connectivity index (χ3v) is 2.80. The van der Waals surface area contributed by atoms with Gasteiger partial charge in [-0.2, -0.15) is 0 Å². The number of carbonyl (C=O) groups excluding carboxylic acids is 1. The molecular formula is C14H18ClNO5.